The molecule has 0 bridgehead atoms. The van der Waals surface area contributed by atoms with Crippen LogP contribution in [0.4, 0.5) is 9.52 Å². The molecule has 0 radical (unpaired) electrons. The normalized spacial score (nSPS) is 11.9. The van der Waals surface area contributed by atoms with Crippen molar-refractivity contribution in [2.75, 3.05) is 45.7 Å². The van der Waals surface area contributed by atoms with Crippen LogP contribution in [-0.4, -0.2) is 67.8 Å². The van der Waals surface area contributed by atoms with E-state index in [-0.39, 0.29) is 37.1 Å². The summed E-state index contributed by atoms with van der Waals surface area (Å²) in [6, 6.07) is 4.64. The van der Waals surface area contributed by atoms with Gasteiger partial charge in [0.1, 0.15) is 12.1 Å². The first-order chi connectivity index (χ1) is 17.4. The third kappa shape index (κ3) is 10.8. The zero-order valence-corrected chi connectivity index (χ0v) is 23.4. The van der Waals surface area contributed by atoms with Crippen molar-refractivity contribution in [1.82, 2.24) is 9.88 Å². The van der Waals surface area contributed by atoms with E-state index in [1.54, 1.807) is 39.8 Å². The number of benzene rings is 1. The lowest BCUT2D eigenvalue weighted by Crippen LogP contribution is -2.28. The number of thiazole rings is 1. The van der Waals surface area contributed by atoms with E-state index in [0.29, 0.717) is 28.5 Å². The highest BCUT2D eigenvalue weighted by molar-refractivity contribution is 7.15. The van der Waals surface area contributed by atoms with Crippen molar-refractivity contribution in [3.8, 4) is 17.6 Å². The van der Waals surface area contributed by atoms with Crippen molar-refractivity contribution in [2.24, 2.45) is 5.92 Å². The quantitative estimate of drug-likeness (QED) is 0.336. The fourth-order valence-electron chi connectivity index (χ4n) is 3.05. The molecule has 0 saturated heterocycles. The number of nitrogens with one attached hydrogen (secondary N) is 1. The second-order valence-electron chi connectivity index (χ2n) is 9.76. The van der Waals surface area contributed by atoms with Crippen LogP contribution in [0.3, 0.4) is 0 Å². The number of hydrogen-bond donors (Lipinski definition) is 1. The van der Waals surface area contributed by atoms with E-state index in [4.69, 9.17) is 14.2 Å². The van der Waals surface area contributed by atoms with E-state index in [0.717, 1.165) is 0 Å². The molecule has 1 aromatic heterocycles. The van der Waals surface area contributed by atoms with Gasteiger partial charge in [0.2, 0.25) is 0 Å². The van der Waals surface area contributed by atoms with Crippen LogP contribution in [0.25, 0.3) is 0 Å². The fraction of sp³-hybridized carbons (Fsp3) is 0.519. The van der Waals surface area contributed by atoms with Crippen molar-refractivity contribution in [3.63, 3.8) is 0 Å². The van der Waals surface area contributed by atoms with Gasteiger partial charge in [-0.2, -0.15) is 0 Å². The molecule has 1 N–H and O–H groups in total. The first-order valence-corrected chi connectivity index (χ1v) is 12.9. The molecule has 0 saturated carbocycles. The number of hydrogen-bond acceptors (Lipinski definition) is 9. The number of carbonyl (C=O) groups is 2. The monoisotopic (exact) mass is 533 g/mol. The summed E-state index contributed by atoms with van der Waals surface area (Å²) in [5.41, 5.74) is 0.171. The number of esters is 2. The molecular formula is C27H36FN3O5S. The molecule has 10 heteroatoms. The number of nitrogens with zero attached hydrogens (tertiary/aromatic N) is 2. The average molecular weight is 534 g/mol. The number of anilines is 1. The van der Waals surface area contributed by atoms with Crippen LogP contribution in [0.5, 0.6) is 5.75 Å². The van der Waals surface area contributed by atoms with E-state index in [1.165, 1.54) is 17.4 Å². The molecule has 0 aliphatic carbocycles. The van der Waals surface area contributed by atoms with Crippen molar-refractivity contribution in [2.45, 2.75) is 46.6 Å². The molecule has 0 aliphatic rings. The highest BCUT2D eigenvalue weighted by atomic mass is 32.1. The highest BCUT2D eigenvalue weighted by Gasteiger charge is 2.23. The van der Waals surface area contributed by atoms with Crippen molar-refractivity contribution in [1.29, 1.82) is 0 Å². The molecule has 1 heterocycles. The van der Waals surface area contributed by atoms with Gasteiger partial charge in [0.25, 0.3) is 0 Å². The van der Waals surface area contributed by atoms with E-state index in [9.17, 15) is 14.0 Å². The summed E-state index contributed by atoms with van der Waals surface area (Å²) >= 11 is 1.26. The Labute approximate surface area is 222 Å². The van der Waals surface area contributed by atoms with E-state index in [1.807, 2.05) is 25.9 Å². The van der Waals surface area contributed by atoms with Crippen molar-refractivity contribution >= 4 is 28.4 Å². The first-order valence-electron chi connectivity index (χ1n) is 12.1. The summed E-state index contributed by atoms with van der Waals surface area (Å²) < 4.78 is 30.7. The van der Waals surface area contributed by atoms with Crippen LogP contribution in [0, 0.1) is 23.6 Å². The molecule has 2 aromatic rings. The molecule has 0 fully saturated rings. The lowest BCUT2D eigenvalue weighted by molar-refractivity contribution is -0.152. The maximum Gasteiger partial charge on any atom is 0.358 e. The van der Waals surface area contributed by atoms with Gasteiger partial charge in [0.05, 0.1) is 19.8 Å². The molecule has 1 atom stereocenters. The van der Waals surface area contributed by atoms with Gasteiger partial charge >= 0.3 is 11.9 Å². The van der Waals surface area contributed by atoms with Crippen molar-refractivity contribution < 1.29 is 28.2 Å². The van der Waals surface area contributed by atoms with Crippen LogP contribution < -0.4 is 10.1 Å². The molecular weight excluding hydrogens is 497 g/mol. The third-order valence-electron chi connectivity index (χ3n) is 4.59. The number of halogens is 1. The van der Waals surface area contributed by atoms with Gasteiger partial charge in [-0.05, 0) is 72.3 Å². The predicted molar refractivity (Wildman–Crippen MR) is 143 cm³/mol. The van der Waals surface area contributed by atoms with Gasteiger partial charge in [-0.3, -0.25) is 9.69 Å². The molecule has 0 aliphatic heterocycles. The summed E-state index contributed by atoms with van der Waals surface area (Å²) in [7, 11) is 3.83. The van der Waals surface area contributed by atoms with Gasteiger partial charge in [-0.25, -0.2) is 14.2 Å². The Kier molecular flexibility index (Phi) is 11.3. The fourth-order valence-corrected chi connectivity index (χ4v) is 4.16. The molecule has 37 heavy (non-hydrogen) atoms. The summed E-state index contributed by atoms with van der Waals surface area (Å²) in [4.78, 5) is 31.4. The van der Waals surface area contributed by atoms with Crippen molar-refractivity contribution in [3.05, 3.63) is 40.2 Å². The molecule has 0 unspecified atom stereocenters. The molecule has 2 rings (SSSR count). The minimum atomic E-state index is -0.600. The second kappa shape index (κ2) is 14.0. The SMILES string of the molecule is CCOC(=O)c1nc(NCC(=O)OC(C)(C)C)sc1C[C@H](C)COc1ccc(C#CCN(C)C)cc1F. The Morgan fingerprint density at radius 3 is 2.62 bits per heavy atom. The average Bonchev–Trinajstić information content (AvgIpc) is 3.18. The Bertz CT molecular complexity index is 1130. The molecule has 8 nitrogen and oxygen atoms in total. The number of ether oxygens (including phenoxy) is 3. The molecule has 0 spiro atoms. The third-order valence-corrected chi connectivity index (χ3v) is 5.62. The van der Waals surface area contributed by atoms with E-state index in [2.05, 4.69) is 22.1 Å². The van der Waals surface area contributed by atoms with Crippen LogP contribution >= 0.6 is 11.3 Å². The number of aromatic nitrogens is 1. The standard InChI is InChI=1S/C27H36FN3O5S/c1-8-34-25(33)24-22(37-26(30-24)29-16-23(32)36-27(3,4)5)14-18(2)17-35-21-12-11-19(15-20(21)28)10-9-13-31(6)7/h11-12,15,18H,8,13-14,16-17H2,1-7H3,(H,29,30)/t18-/m0/s1. The van der Waals surface area contributed by atoms with Crippen LogP contribution in [0.1, 0.15) is 55.5 Å². The maximum atomic E-state index is 14.5. The van der Waals surface area contributed by atoms with Crippen LogP contribution in [0.15, 0.2) is 18.2 Å². The Balaban J connectivity index is 2.03. The summed E-state index contributed by atoms with van der Waals surface area (Å²) in [6.45, 7) is 9.95. The minimum Gasteiger partial charge on any atom is -0.490 e. The van der Waals surface area contributed by atoms with Gasteiger partial charge in [-0.15, -0.1) is 11.3 Å². The summed E-state index contributed by atoms with van der Waals surface area (Å²) in [6.07, 6.45) is 0.454. The lowest BCUT2D eigenvalue weighted by Gasteiger charge is -2.19. The second-order valence-corrected chi connectivity index (χ2v) is 10.8. The predicted octanol–water partition coefficient (Wildman–Crippen LogP) is 4.38. The topological polar surface area (TPSA) is 90.0 Å². The molecule has 0 amide bonds. The highest BCUT2D eigenvalue weighted by Crippen LogP contribution is 2.27. The Hall–Kier alpha value is -3.16. The van der Waals surface area contributed by atoms with Gasteiger partial charge in [0, 0.05) is 10.4 Å². The number of rotatable bonds is 11. The van der Waals surface area contributed by atoms with Crippen LogP contribution in [-0.2, 0) is 20.7 Å². The van der Waals surface area contributed by atoms with E-state index < -0.39 is 23.4 Å². The molecule has 1 aromatic carbocycles. The maximum absolute atomic E-state index is 14.5. The zero-order valence-electron chi connectivity index (χ0n) is 22.6. The Morgan fingerprint density at radius 2 is 2.00 bits per heavy atom. The molecule has 202 valence electrons. The first kappa shape index (κ1) is 30.1. The van der Waals surface area contributed by atoms with Crippen LogP contribution in [0.2, 0.25) is 0 Å². The Morgan fingerprint density at radius 1 is 1.27 bits per heavy atom. The van der Waals surface area contributed by atoms with Gasteiger partial charge in [-0.1, -0.05) is 18.8 Å². The van der Waals surface area contributed by atoms with Gasteiger partial charge < -0.3 is 19.5 Å². The summed E-state index contributed by atoms with van der Waals surface area (Å²) in [5, 5.41) is 3.33. The smallest absolute Gasteiger partial charge is 0.358 e. The van der Waals surface area contributed by atoms with E-state index >= 15 is 0 Å². The minimum absolute atomic E-state index is 0.0636. The number of carbonyl (C=O) groups excluding carboxylic acids is 2. The largest absolute Gasteiger partial charge is 0.490 e. The zero-order chi connectivity index (χ0) is 27.6. The van der Waals surface area contributed by atoms with Gasteiger partial charge in [0.15, 0.2) is 22.4 Å². The lowest BCUT2D eigenvalue weighted by atomic mass is 10.1. The summed E-state index contributed by atoms with van der Waals surface area (Å²) in [5.74, 6) is 4.52.